The van der Waals surface area contributed by atoms with E-state index in [0.717, 1.165) is 27.9 Å². The normalized spacial score (nSPS) is 11.6. The topological polar surface area (TPSA) is 78.9 Å². The van der Waals surface area contributed by atoms with Gasteiger partial charge in [-0.3, -0.25) is 5.10 Å². The van der Waals surface area contributed by atoms with Gasteiger partial charge in [-0.1, -0.05) is 26.0 Å². The zero-order valence-corrected chi connectivity index (χ0v) is 19.1. The number of aryl methyl sites for hydroxylation is 1. The average molecular weight is 475 g/mol. The molecule has 0 atom stereocenters. The molecular weight excluding hydrogens is 455 g/mol. The van der Waals surface area contributed by atoms with Crippen molar-refractivity contribution in [3.05, 3.63) is 82.8 Å². The van der Waals surface area contributed by atoms with E-state index in [0.29, 0.717) is 22.2 Å². The first-order valence-corrected chi connectivity index (χ1v) is 11.0. The number of carboxylic acid groups (broad SMARTS) is 1. The molecule has 2 N–H and O–H groups in total. The number of rotatable bonds is 4. The van der Waals surface area contributed by atoms with Crippen LogP contribution in [-0.2, 0) is 0 Å². The number of nitrogens with one attached hydrogen (secondary N) is 1. The Hall–Kier alpha value is -4.20. The minimum absolute atomic E-state index is 0.148. The molecule has 2 heterocycles. The molecule has 2 aromatic heterocycles. The number of pyridine rings is 1. The van der Waals surface area contributed by atoms with E-state index in [1.807, 2.05) is 26.8 Å². The summed E-state index contributed by atoms with van der Waals surface area (Å²) in [5, 5.41) is 17.9. The van der Waals surface area contributed by atoms with Gasteiger partial charge in [-0.2, -0.15) is 5.10 Å². The standard InChI is InChI=1S/C27H20F3N3O2/c1-12(2)20-21(14-4-6-16(28)7-5-14)19-10-15-11-31-33-24(15)13(3)25(19)32-26(20)17-8-9-18(27(34)35)23(30)22(17)29/h4-12H,1-3H3,(H,31,33)(H,34,35). The highest BCUT2D eigenvalue weighted by Gasteiger charge is 2.26. The predicted molar refractivity (Wildman–Crippen MR) is 128 cm³/mol. The molecule has 35 heavy (non-hydrogen) atoms. The summed E-state index contributed by atoms with van der Waals surface area (Å²) in [5.41, 5.74) is 3.39. The molecule has 3 aromatic carbocycles. The molecule has 5 aromatic rings. The summed E-state index contributed by atoms with van der Waals surface area (Å²) < 4.78 is 43.8. The number of hydrogen-bond donors (Lipinski definition) is 2. The maximum absolute atomic E-state index is 15.3. The summed E-state index contributed by atoms with van der Waals surface area (Å²) in [4.78, 5) is 16.1. The van der Waals surface area contributed by atoms with Crippen molar-refractivity contribution in [2.75, 3.05) is 0 Å². The largest absolute Gasteiger partial charge is 0.478 e. The summed E-state index contributed by atoms with van der Waals surface area (Å²) >= 11 is 0. The monoisotopic (exact) mass is 475 g/mol. The van der Waals surface area contributed by atoms with Crippen molar-refractivity contribution in [1.82, 2.24) is 15.2 Å². The third-order valence-electron chi connectivity index (χ3n) is 6.25. The molecule has 176 valence electrons. The summed E-state index contributed by atoms with van der Waals surface area (Å²) in [7, 11) is 0. The van der Waals surface area contributed by atoms with Crippen LogP contribution in [0.3, 0.4) is 0 Å². The Balaban J connectivity index is 1.98. The zero-order chi connectivity index (χ0) is 25.0. The number of fused-ring (bicyclic) bond motifs is 2. The molecule has 0 amide bonds. The molecule has 0 saturated heterocycles. The number of carbonyl (C=O) groups is 1. The minimum atomic E-state index is -1.56. The van der Waals surface area contributed by atoms with Crippen LogP contribution in [0, 0.1) is 24.4 Å². The molecule has 0 fully saturated rings. The van der Waals surface area contributed by atoms with Gasteiger partial charge in [-0.25, -0.2) is 22.9 Å². The van der Waals surface area contributed by atoms with Crippen molar-refractivity contribution in [2.24, 2.45) is 0 Å². The molecule has 0 aliphatic carbocycles. The van der Waals surface area contributed by atoms with Crippen LogP contribution in [0.25, 0.3) is 44.2 Å². The highest BCUT2D eigenvalue weighted by molar-refractivity contribution is 6.07. The summed E-state index contributed by atoms with van der Waals surface area (Å²) in [6.07, 6.45) is 1.69. The third-order valence-corrected chi connectivity index (χ3v) is 6.25. The lowest BCUT2D eigenvalue weighted by Gasteiger charge is -2.22. The number of halogens is 3. The number of benzene rings is 3. The van der Waals surface area contributed by atoms with Crippen molar-refractivity contribution in [3.8, 4) is 22.4 Å². The SMILES string of the molecule is Cc1c2nc(-c3ccc(C(=O)O)c(F)c3F)c(C(C)C)c(-c3ccc(F)cc3)c2cc2cn[nH]c12. The van der Waals surface area contributed by atoms with Crippen LogP contribution < -0.4 is 0 Å². The Labute approximate surface area is 198 Å². The second kappa shape index (κ2) is 8.23. The summed E-state index contributed by atoms with van der Waals surface area (Å²) in [5.74, 6) is -4.89. The zero-order valence-electron chi connectivity index (χ0n) is 19.1. The van der Waals surface area contributed by atoms with Crippen molar-refractivity contribution >= 4 is 27.8 Å². The van der Waals surface area contributed by atoms with Gasteiger partial charge in [0.25, 0.3) is 0 Å². The van der Waals surface area contributed by atoms with E-state index >= 15 is 4.39 Å². The summed E-state index contributed by atoms with van der Waals surface area (Å²) in [6.45, 7) is 5.67. The number of carboxylic acids is 1. The van der Waals surface area contributed by atoms with E-state index < -0.39 is 29.0 Å². The van der Waals surface area contributed by atoms with Crippen LogP contribution in [0.5, 0.6) is 0 Å². The fraction of sp³-hybridized carbons (Fsp3) is 0.148. The lowest BCUT2D eigenvalue weighted by molar-refractivity contribution is 0.0690. The maximum Gasteiger partial charge on any atom is 0.338 e. The molecule has 0 saturated carbocycles. The van der Waals surface area contributed by atoms with Gasteiger partial charge in [-0.15, -0.1) is 0 Å². The molecule has 0 aliphatic heterocycles. The van der Waals surface area contributed by atoms with E-state index in [-0.39, 0.29) is 17.2 Å². The number of hydrogen-bond acceptors (Lipinski definition) is 3. The molecule has 0 unspecified atom stereocenters. The first-order valence-electron chi connectivity index (χ1n) is 11.0. The van der Waals surface area contributed by atoms with E-state index in [9.17, 15) is 18.7 Å². The molecule has 0 radical (unpaired) electrons. The highest BCUT2D eigenvalue weighted by Crippen LogP contribution is 2.43. The summed E-state index contributed by atoms with van der Waals surface area (Å²) in [6, 6.07) is 10.2. The fourth-order valence-electron chi connectivity index (χ4n) is 4.61. The number of nitrogens with zero attached hydrogens (tertiary/aromatic N) is 2. The van der Waals surface area contributed by atoms with Gasteiger partial charge < -0.3 is 5.11 Å². The van der Waals surface area contributed by atoms with Crippen LogP contribution in [0.2, 0.25) is 0 Å². The number of H-pyrrole nitrogens is 1. The Bertz CT molecular complexity index is 1640. The fourth-order valence-corrected chi connectivity index (χ4v) is 4.61. The molecule has 8 heteroatoms. The minimum Gasteiger partial charge on any atom is -0.478 e. The first-order chi connectivity index (χ1) is 16.7. The predicted octanol–water partition coefficient (Wildman–Crippen LogP) is 6.99. The third kappa shape index (κ3) is 3.53. The average Bonchev–Trinajstić information content (AvgIpc) is 3.29. The smallest absolute Gasteiger partial charge is 0.338 e. The second-order valence-electron chi connectivity index (χ2n) is 8.74. The molecule has 0 bridgehead atoms. The lowest BCUT2D eigenvalue weighted by Crippen LogP contribution is -2.07. The molecule has 5 nitrogen and oxygen atoms in total. The van der Waals surface area contributed by atoms with E-state index in [2.05, 4.69) is 10.2 Å². The number of aromatic carboxylic acids is 1. The molecule has 5 rings (SSSR count). The number of aromatic nitrogens is 3. The van der Waals surface area contributed by atoms with E-state index in [4.69, 9.17) is 4.98 Å². The maximum atomic E-state index is 15.3. The van der Waals surface area contributed by atoms with E-state index in [1.54, 1.807) is 18.3 Å². The quantitative estimate of drug-likeness (QED) is 0.294. The van der Waals surface area contributed by atoms with Crippen LogP contribution in [0.1, 0.15) is 41.3 Å². The Morgan fingerprint density at radius 2 is 1.74 bits per heavy atom. The van der Waals surface area contributed by atoms with Crippen molar-refractivity contribution < 1.29 is 23.1 Å². The molecule has 0 aliphatic rings. The second-order valence-corrected chi connectivity index (χ2v) is 8.74. The Kier molecular flexibility index (Phi) is 5.31. The van der Waals surface area contributed by atoms with Gasteiger partial charge in [0, 0.05) is 21.9 Å². The van der Waals surface area contributed by atoms with Crippen molar-refractivity contribution in [3.63, 3.8) is 0 Å². The first kappa shape index (κ1) is 22.6. The van der Waals surface area contributed by atoms with E-state index in [1.165, 1.54) is 18.2 Å². The van der Waals surface area contributed by atoms with Gasteiger partial charge >= 0.3 is 5.97 Å². The Morgan fingerprint density at radius 3 is 2.40 bits per heavy atom. The van der Waals surface area contributed by atoms with Crippen molar-refractivity contribution in [2.45, 2.75) is 26.7 Å². The lowest BCUT2D eigenvalue weighted by atomic mass is 9.85. The van der Waals surface area contributed by atoms with Gasteiger partial charge in [0.05, 0.1) is 28.5 Å². The van der Waals surface area contributed by atoms with Crippen molar-refractivity contribution in [1.29, 1.82) is 0 Å². The van der Waals surface area contributed by atoms with Gasteiger partial charge in [0.15, 0.2) is 11.6 Å². The highest BCUT2D eigenvalue weighted by atomic mass is 19.2. The van der Waals surface area contributed by atoms with Gasteiger partial charge in [0.2, 0.25) is 0 Å². The molecular formula is C27H20F3N3O2. The molecule has 0 spiro atoms. The number of aromatic amines is 1. The van der Waals surface area contributed by atoms with Crippen LogP contribution >= 0.6 is 0 Å². The van der Waals surface area contributed by atoms with Crippen LogP contribution in [-0.4, -0.2) is 26.3 Å². The van der Waals surface area contributed by atoms with Gasteiger partial charge in [-0.05, 0) is 59.9 Å². The van der Waals surface area contributed by atoms with Crippen LogP contribution in [0.15, 0.2) is 48.7 Å². The Morgan fingerprint density at radius 1 is 1.03 bits per heavy atom. The van der Waals surface area contributed by atoms with Gasteiger partial charge in [0.1, 0.15) is 5.82 Å². The van der Waals surface area contributed by atoms with Crippen LogP contribution in [0.4, 0.5) is 13.2 Å².